The van der Waals surface area contributed by atoms with E-state index in [4.69, 9.17) is 4.74 Å². The summed E-state index contributed by atoms with van der Waals surface area (Å²) >= 11 is 0. The summed E-state index contributed by atoms with van der Waals surface area (Å²) in [4.78, 5) is 12.0. The Morgan fingerprint density at radius 3 is 2.10 bits per heavy atom. The quantitative estimate of drug-likeness (QED) is 0.910. The van der Waals surface area contributed by atoms with E-state index in [1.807, 2.05) is 63.2 Å². The average Bonchev–Trinajstić information content (AvgIpc) is 2.40. The van der Waals surface area contributed by atoms with Crippen LogP contribution in [0.25, 0.3) is 0 Å². The average molecular weight is 269 g/mol. The smallest absolute Gasteiger partial charge is 0.255 e. The Labute approximate surface area is 119 Å². The summed E-state index contributed by atoms with van der Waals surface area (Å²) in [6.45, 7) is 5.99. The summed E-state index contributed by atoms with van der Waals surface area (Å²) in [6.07, 6.45) is 0. The first-order valence-corrected chi connectivity index (χ1v) is 6.59. The minimum atomic E-state index is -0.227. The molecule has 3 nitrogen and oxygen atoms in total. The molecule has 0 spiro atoms. The van der Waals surface area contributed by atoms with Gasteiger partial charge >= 0.3 is 0 Å². The number of nitrogens with one attached hydrogen (secondary N) is 1. The Morgan fingerprint density at radius 1 is 0.950 bits per heavy atom. The molecular weight excluding hydrogens is 250 g/mol. The van der Waals surface area contributed by atoms with Crippen LogP contribution in [-0.2, 0) is 0 Å². The number of hydrogen-bond acceptors (Lipinski definition) is 2. The molecule has 0 unspecified atom stereocenters. The number of carbonyl (C=O) groups excluding carboxylic acids is 1. The second kappa shape index (κ2) is 5.78. The van der Waals surface area contributed by atoms with Crippen molar-refractivity contribution in [1.82, 2.24) is 0 Å². The first-order chi connectivity index (χ1) is 9.44. The van der Waals surface area contributed by atoms with Crippen LogP contribution in [-0.4, -0.2) is 11.5 Å². The molecule has 0 aliphatic heterocycles. The number of anilines is 1. The Hall–Kier alpha value is -2.29. The normalized spacial score (nSPS) is 10.9. The van der Waals surface area contributed by atoms with Crippen LogP contribution in [0, 0.1) is 0 Å². The van der Waals surface area contributed by atoms with Gasteiger partial charge in [0.25, 0.3) is 5.91 Å². The van der Waals surface area contributed by atoms with Crippen molar-refractivity contribution >= 4 is 11.6 Å². The highest BCUT2D eigenvalue weighted by molar-refractivity contribution is 6.04. The van der Waals surface area contributed by atoms with Crippen molar-refractivity contribution in [3.8, 4) is 5.75 Å². The molecule has 104 valence electrons. The Balaban J connectivity index is 2.02. The molecule has 0 saturated heterocycles. The molecule has 1 N–H and O–H groups in total. The number of rotatable bonds is 3. The molecule has 0 radical (unpaired) electrons. The van der Waals surface area contributed by atoms with E-state index in [9.17, 15) is 4.79 Å². The second-order valence-electron chi connectivity index (χ2n) is 5.56. The predicted octanol–water partition coefficient (Wildman–Crippen LogP) is 4.12. The van der Waals surface area contributed by atoms with Crippen molar-refractivity contribution in [3.05, 3.63) is 60.2 Å². The summed E-state index contributed by atoms with van der Waals surface area (Å²) in [5.74, 6) is 0.672. The monoisotopic (exact) mass is 269 g/mol. The maximum Gasteiger partial charge on any atom is 0.255 e. The van der Waals surface area contributed by atoms with E-state index in [-0.39, 0.29) is 11.5 Å². The van der Waals surface area contributed by atoms with Gasteiger partial charge in [0.15, 0.2) is 0 Å². The lowest BCUT2D eigenvalue weighted by Gasteiger charge is -2.21. The largest absolute Gasteiger partial charge is 0.488 e. The van der Waals surface area contributed by atoms with Crippen molar-refractivity contribution in [2.45, 2.75) is 26.4 Å². The van der Waals surface area contributed by atoms with Gasteiger partial charge in [-0.25, -0.2) is 0 Å². The van der Waals surface area contributed by atoms with Crippen molar-refractivity contribution in [1.29, 1.82) is 0 Å². The third-order valence-electron chi connectivity index (χ3n) is 2.57. The van der Waals surface area contributed by atoms with Crippen molar-refractivity contribution in [2.24, 2.45) is 0 Å². The van der Waals surface area contributed by atoms with Crippen LogP contribution in [0.2, 0.25) is 0 Å². The zero-order valence-corrected chi connectivity index (χ0v) is 12.0. The van der Waals surface area contributed by atoms with Crippen LogP contribution in [0.4, 0.5) is 5.69 Å². The van der Waals surface area contributed by atoms with E-state index in [1.165, 1.54) is 0 Å². The van der Waals surface area contributed by atoms with Crippen LogP contribution in [0.15, 0.2) is 54.6 Å². The molecule has 0 aliphatic carbocycles. The minimum Gasteiger partial charge on any atom is -0.488 e. The van der Waals surface area contributed by atoms with Crippen LogP contribution in [0.1, 0.15) is 31.1 Å². The van der Waals surface area contributed by atoms with E-state index in [0.717, 1.165) is 11.4 Å². The molecule has 3 heteroatoms. The number of benzene rings is 2. The lowest BCUT2D eigenvalue weighted by molar-refractivity contribution is 0.102. The highest BCUT2D eigenvalue weighted by Gasteiger charge is 2.11. The van der Waals surface area contributed by atoms with Gasteiger partial charge in [-0.05, 0) is 57.2 Å². The molecule has 1 amide bonds. The molecule has 0 atom stereocenters. The van der Waals surface area contributed by atoms with Crippen molar-refractivity contribution < 1.29 is 9.53 Å². The van der Waals surface area contributed by atoms with Gasteiger partial charge in [-0.15, -0.1) is 0 Å². The molecule has 0 heterocycles. The first-order valence-electron chi connectivity index (χ1n) is 6.59. The maximum atomic E-state index is 12.0. The number of carbonyl (C=O) groups is 1. The van der Waals surface area contributed by atoms with E-state index in [2.05, 4.69) is 5.32 Å². The van der Waals surface area contributed by atoms with Crippen LogP contribution >= 0.6 is 0 Å². The highest BCUT2D eigenvalue weighted by Crippen LogP contribution is 2.20. The van der Waals surface area contributed by atoms with E-state index >= 15 is 0 Å². The van der Waals surface area contributed by atoms with E-state index in [0.29, 0.717) is 5.56 Å². The fourth-order valence-electron chi connectivity index (χ4n) is 1.75. The fourth-order valence-corrected chi connectivity index (χ4v) is 1.75. The molecule has 2 aromatic carbocycles. The highest BCUT2D eigenvalue weighted by atomic mass is 16.5. The summed E-state index contributed by atoms with van der Waals surface area (Å²) in [7, 11) is 0. The molecule has 0 aliphatic rings. The molecule has 20 heavy (non-hydrogen) atoms. The van der Waals surface area contributed by atoms with Gasteiger partial charge in [0, 0.05) is 11.3 Å². The summed E-state index contributed by atoms with van der Waals surface area (Å²) in [6, 6.07) is 16.5. The lowest BCUT2D eigenvalue weighted by atomic mass is 10.2. The minimum absolute atomic E-state index is 0.116. The van der Waals surface area contributed by atoms with E-state index in [1.54, 1.807) is 12.1 Å². The molecule has 0 bridgehead atoms. The zero-order valence-electron chi connectivity index (χ0n) is 12.0. The van der Waals surface area contributed by atoms with Gasteiger partial charge in [-0.2, -0.15) is 0 Å². The lowest BCUT2D eigenvalue weighted by Crippen LogP contribution is -2.22. The molecule has 0 fully saturated rings. The molecule has 2 rings (SSSR count). The SMILES string of the molecule is CC(C)(C)Oc1ccc(NC(=O)c2ccccc2)cc1. The summed E-state index contributed by atoms with van der Waals surface area (Å²) < 4.78 is 5.73. The van der Waals surface area contributed by atoms with Crippen molar-refractivity contribution in [2.75, 3.05) is 5.32 Å². The molecule has 0 saturated carbocycles. The van der Waals surface area contributed by atoms with Gasteiger partial charge in [0.2, 0.25) is 0 Å². The number of amides is 1. The van der Waals surface area contributed by atoms with E-state index < -0.39 is 0 Å². The predicted molar refractivity (Wildman–Crippen MR) is 81.2 cm³/mol. The standard InChI is InChI=1S/C17H19NO2/c1-17(2,3)20-15-11-9-14(10-12-15)18-16(19)13-7-5-4-6-8-13/h4-12H,1-3H3,(H,18,19). The third-order valence-corrected chi connectivity index (χ3v) is 2.57. The topological polar surface area (TPSA) is 38.3 Å². The Morgan fingerprint density at radius 2 is 1.55 bits per heavy atom. The summed E-state index contributed by atoms with van der Waals surface area (Å²) in [5.41, 5.74) is 1.16. The first kappa shape index (κ1) is 14.1. The molecule has 2 aromatic rings. The number of ether oxygens (including phenoxy) is 1. The maximum absolute atomic E-state index is 12.0. The zero-order chi connectivity index (χ0) is 14.6. The van der Waals surface area contributed by atoms with Crippen LogP contribution < -0.4 is 10.1 Å². The van der Waals surface area contributed by atoms with Gasteiger partial charge in [-0.3, -0.25) is 4.79 Å². The van der Waals surface area contributed by atoms with Gasteiger partial charge in [0.05, 0.1) is 0 Å². The molecular formula is C17H19NO2. The summed E-state index contributed by atoms with van der Waals surface area (Å²) in [5, 5.41) is 2.85. The third kappa shape index (κ3) is 4.12. The molecule has 0 aromatic heterocycles. The van der Waals surface area contributed by atoms with Crippen molar-refractivity contribution in [3.63, 3.8) is 0 Å². The van der Waals surface area contributed by atoms with Crippen LogP contribution in [0.3, 0.4) is 0 Å². The van der Waals surface area contributed by atoms with Crippen LogP contribution in [0.5, 0.6) is 5.75 Å². The van der Waals surface area contributed by atoms with Gasteiger partial charge in [0.1, 0.15) is 11.4 Å². The van der Waals surface area contributed by atoms with Gasteiger partial charge in [-0.1, -0.05) is 18.2 Å². The Bertz CT molecular complexity index is 568. The Kier molecular flexibility index (Phi) is 4.08. The number of hydrogen-bond donors (Lipinski definition) is 1. The fraction of sp³-hybridized carbons (Fsp3) is 0.235. The van der Waals surface area contributed by atoms with Gasteiger partial charge < -0.3 is 10.1 Å². The second-order valence-corrected chi connectivity index (χ2v) is 5.56.